The summed E-state index contributed by atoms with van der Waals surface area (Å²) >= 11 is 0. The van der Waals surface area contributed by atoms with Crippen molar-refractivity contribution >= 4 is 5.97 Å². The number of aromatic carboxylic acids is 1. The Bertz CT molecular complexity index is 381. The third kappa shape index (κ3) is 2.54. The van der Waals surface area contributed by atoms with E-state index < -0.39 is 5.97 Å². The van der Waals surface area contributed by atoms with Gasteiger partial charge in [-0.05, 0) is 42.9 Å². The van der Waals surface area contributed by atoms with Crippen molar-refractivity contribution in [1.29, 1.82) is 0 Å². The molecule has 0 atom stereocenters. The fourth-order valence-corrected chi connectivity index (χ4v) is 2.14. The van der Waals surface area contributed by atoms with E-state index in [4.69, 9.17) is 9.84 Å². The molecular formula is C13H16O3. The van der Waals surface area contributed by atoms with Crippen molar-refractivity contribution in [2.75, 3.05) is 6.61 Å². The second-order valence-electron chi connectivity index (χ2n) is 4.59. The molecule has 16 heavy (non-hydrogen) atoms. The van der Waals surface area contributed by atoms with Crippen LogP contribution in [0.5, 0.6) is 5.75 Å². The maximum absolute atomic E-state index is 10.7. The Balaban J connectivity index is 1.89. The van der Waals surface area contributed by atoms with Crippen LogP contribution in [0.3, 0.4) is 0 Å². The van der Waals surface area contributed by atoms with Gasteiger partial charge >= 0.3 is 5.97 Å². The van der Waals surface area contributed by atoms with Crippen molar-refractivity contribution in [1.82, 2.24) is 0 Å². The van der Waals surface area contributed by atoms with Gasteiger partial charge in [-0.25, -0.2) is 4.79 Å². The number of carboxylic acid groups (broad SMARTS) is 1. The van der Waals surface area contributed by atoms with Gasteiger partial charge in [-0.2, -0.15) is 0 Å². The first kappa shape index (κ1) is 11.0. The van der Waals surface area contributed by atoms with Crippen molar-refractivity contribution in [2.45, 2.75) is 19.8 Å². The van der Waals surface area contributed by atoms with Crippen molar-refractivity contribution in [3.8, 4) is 5.75 Å². The zero-order valence-corrected chi connectivity index (χ0v) is 9.35. The summed E-state index contributed by atoms with van der Waals surface area (Å²) in [5.41, 5.74) is 0.277. The lowest BCUT2D eigenvalue weighted by atomic mass is 9.77. The van der Waals surface area contributed by atoms with Crippen molar-refractivity contribution in [2.24, 2.45) is 11.8 Å². The molecule has 3 nitrogen and oxygen atoms in total. The summed E-state index contributed by atoms with van der Waals surface area (Å²) in [6.07, 6.45) is 2.44. The Morgan fingerprint density at radius 2 is 2.25 bits per heavy atom. The summed E-state index contributed by atoms with van der Waals surface area (Å²) in [7, 11) is 0. The van der Waals surface area contributed by atoms with Gasteiger partial charge in [0.25, 0.3) is 0 Å². The topological polar surface area (TPSA) is 46.5 Å². The summed E-state index contributed by atoms with van der Waals surface area (Å²) in [6, 6.07) is 6.65. The summed E-state index contributed by atoms with van der Waals surface area (Å²) in [5.74, 6) is 1.20. The predicted molar refractivity (Wildman–Crippen MR) is 60.8 cm³/mol. The minimum atomic E-state index is -0.914. The highest BCUT2D eigenvalue weighted by atomic mass is 16.5. The molecule has 0 saturated heterocycles. The van der Waals surface area contributed by atoms with Crippen LogP contribution in [-0.4, -0.2) is 17.7 Å². The van der Waals surface area contributed by atoms with Crippen molar-refractivity contribution in [3.63, 3.8) is 0 Å². The van der Waals surface area contributed by atoms with Crippen LogP contribution in [0, 0.1) is 11.8 Å². The minimum Gasteiger partial charge on any atom is -0.493 e. The second kappa shape index (κ2) is 4.56. The third-order valence-electron chi connectivity index (χ3n) is 3.04. The molecule has 2 rings (SSSR count). The van der Waals surface area contributed by atoms with Gasteiger partial charge in [0, 0.05) is 0 Å². The number of rotatable bonds is 4. The Morgan fingerprint density at radius 1 is 1.50 bits per heavy atom. The first-order valence-corrected chi connectivity index (χ1v) is 5.61. The van der Waals surface area contributed by atoms with Gasteiger partial charge in [-0.15, -0.1) is 0 Å². The van der Waals surface area contributed by atoms with E-state index in [-0.39, 0.29) is 5.56 Å². The van der Waals surface area contributed by atoms with Crippen LogP contribution in [0.2, 0.25) is 0 Å². The molecule has 1 aliphatic carbocycles. The molecule has 0 amide bonds. The summed E-state index contributed by atoms with van der Waals surface area (Å²) in [6.45, 7) is 2.94. The number of hydrogen-bond acceptors (Lipinski definition) is 2. The van der Waals surface area contributed by atoms with Crippen LogP contribution in [0.15, 0.2) is 24.3 Å². The maximum atomic E-state index is 10.7. The van der Waals surface area contributed by atoms with Crippen LogP contribution in [0.25, 0.3) is 0 Å². The number of benzene rings is 1. The van der Waals surface area contributed by atoms with E-state index in [0.29, 0.717) is 18.3 Å². The van der Waals surface area contributed by atoms with Gasteiger partial charge in [-0.1, -0.05) is 13.0 Å². The van der Waals surface area contributed by atoms with Crippen LogP contribution >= 0.6 is 0 Å². The van der Waals surface area contributed by atoms with Crippen LogP contribution in [0.1, 0.15) is 30.1 Å². The standard InChI is InChI=1S/C13H16O3/c1-9-5-10(6-9)8-16-12-4-2-3-11(7-12)13(14)15/h2-4,7,9-10H,5-6,8H2,1H3,(H,14,15). The smallest absolute Gasteiger partial charge is 0.335 e. The summed E-state index contributed by atoms with van der Waals surface area (Å²) < 4.78 is 5.59. The van der Waals surface area contributed by atoms with E-state index in [1.54, 1.807) is 24.3 Å². The Morgan fingerprint density at radius 3 is 2.88 bits per heavy atom. The molecule has 1 N–H and O–H groups in total. The molecule has 1 aromatic rings. The van der Waals surface area contributed by atoms with Gasteiger partial charge in [0.15, 0.2) is 0 Å². The highest BCUT2D eigenvalue weighted by molar-refractivity contribution is 5.87. The lowest BCUT2D eigenvalue weighted by Crippen LogP contribution is -2.26. The summed E-state index contributed by atoms with van der Waals surface area (Å²) in [5, 5.41) is 8.82. The van der Waals surface area contributed by atoms with E-state index in [1.165, 1.54) is 12.8 Å². The first-order valence-electron chi connectivity index (χ1n) is 5.61. The quantitative estimate of drug-likeness (QED) is 0.848. The Kier molecular flexibility index (Phi) is 3.13. The maximum Gasteiger partial charge on any atom is 0.335 e. The fourth-order valence-electron chi connectivity index (χ4n) is 2.14. The normalized spacial score (nSPS) is 23.6. The third-order valence-corrected chi connectivity index (χ3v) is 3.04. The van der Waals surface area contributed by atoms with E-state index in [1.807, 2.05) is 0 Å². The molecule has 0 radical (unpaired) electrons. The fraction of sp³-hybridized carbons (Fsp3) is 0.462. The molecular weight excluding hydrogens is 204 g/mol. The number of carboxylic acids is 1. The van der Waals surface area contributed by atoms with Crippen LogP contribution < -0.4 is 4.74 Å². The van der Waals surface area contributed by atoms with Gasteiger partial charge in [0.2, 0.25) is 0 Å². The van der Waals surface area contributed by atoms with Gasteiger partial charge in [-0.3, -0.25) is 0 Å². The molecule has 1 aromatic carbocycles. The monoisotopic (exact) mass is 220 g/mol. The van der Waals surface area contributed by atoms with Gasteiger partial charge < -0.3 is 9.84 Å². The van der Waals surface area contributed by atoms with Gasteiger partial charge in [0.1, 0.15) is 5.75 Å². The molecule has 0 aliphatic heterocycles. The molecule has 1 fully saturated rings. The molecule has 0 aromatic heterocycles. The average molecular weight is 220 g/mol. The predicted octanol–water partition coefficient (Wildman–Crippen LogP) is 2.81. The van der Waals surface area contributed by atoms with E-state index >= 15 is 0 Å². The van der Waals surface area contributed by atoms with Crippen molar-refractivity contribution < 1.29 is 14.6 Å². The lowest BCUT2D eigenvalue weighted by Gasteiger charge is -2.32. The first-order chi connectivity index (χ1) is 7.65. The molecule has 0 heterocycles. The second-order valence-corrected chi connectivity index (χ2v) is 4.59. The highest BCUT2D eigenvalue weighted by Gasteiger charge is 2.25. The molecule has 0 bridgehead atoms. The molecule has 0 spiro atoms. The number of carbonyl (C=O) groups is 1. The zero-order chi connectivity index (χ0) is 11.5. The molecule has 1 saturated carbocycles. The van der Waals surface area contributed by atoms with E-state index in [9.17, 15) is 4.79 Å². The zero-order valence-electron chi connectivity index (χ0n) is 9.35. The van der Waals surface area contributed by atoms with Gasteiger partial charge in [0.05, 0.1) is 12.2 Å². The lowest BCUT2D eigenvalue weighted by molar-refractivity contribution is 0.0696. The molecule has 0 unspecified atom stereocenters. The summed E-state index contributed by atoms with van der Waals surface area (Å²) in [4.78, 5) is 10.7. The highest BCUT2D eigenvalue weighted by Crippen LogP contribution is 2.33. The molecule has 1 aliphatic rings. The van der Waals surface area contributed by atoms with Crippen LogP contribution in [-0.2, 0) is 0 Å². The molecule has 86 valence electrons. The van der Waals surface area contributed by atoms with Crippen molar-refractivity contribution in [3.05, 3.63) is 29.8 Å². The number of hydrogen-bond donors (Lipinski definition) is 1. The van der Waals surface area contributed by atoms with E-state index in [0.717, 1.165) is 5.92 Å². The van der Waals surface area contributed by atoms with Crippen LogP contribution in [0.4, 0.5) is 0 Å². The number of ether oxygens (including phenoxy) is 1. The minimum absolute atomic E-state index is 0.277. The largest absolute Gasteiger partial charge is 0.493 e. The Labute approximate surface area is 95.0 Å². The average Bonchev–Trinajstić information content (AvgIpc) is 2.23. The Hall–Kier alpha value is -1.51. The molecule has 3 heteroatoms. The SMILES string of the molecule is CC1CC(COc2cccc(C(=O)O)c2)C1. The van der Waals surface area contributed by atoms with E-state index in [2.05, 4.69) is 6.92 Å².